The summed E-state index contributed by atoms with van der Waals surface area (Å²) in [6.45, 7) is 1.62. The third kappa shape index (κ3) is 4.42. The molecule has 0 atom stereocenters. The zero-order valence-electron chi connectivity index (χ0n) is 13.6. The smallest absolute Gasteiger partial charge is 0.272 e. The third-order valence-electron chi connectivity index (χ3n) is 3.45. The summed E-state index contributed by atoms with van der Waals surface area (Å²) in [5.41, 5.74) is 1.18. The van der Waals surface area contributed by atoms with E-state index in [0.717, 1.165) is 0 Å². The molecule has 25 heavy (non-hydrogen) atoms. The molecule has 0 fully saturated rings. The summed E-state index contributed by atoms with van der Waals surface area (Å²) in [6, 6.07) is 13.0. The molecule has 0 aliphatic heterocycles. The Labute approximate surface area is 144 Å². The monoisotopic (exact) mass is 337 g/mol. The molecular formula is C18H15N3O4. The molecule has 0 aliphatic rings. The van der Waals surface area contributed by atoms with Gasteiger partial charge in [0.25, 0.3) is 11.6 Å². The van der Waals surface area contributed by atoms with E-state index in [4.69, 9.17) is 4.74 Å². The molecule has 0 saturated heterocycles. The number of anilines is 1. The zero-order valence-corrected chi connectivity index (χ0v) is 13.6. The molecule has 1 N–H and O–H groups in total. The van der Waals surface area contributed by atoms with E-state index in [2.05, 4.69) is 5.32 Å². The standard InChI is InChI=1S/C18H15N3O4/c1-12-3-4-13(10-17(12)21(23)24)9-14(11-19)18(22)20-15-5-7-16(25-2)8-6-15/h3-10H,1-2H3,(H,20,22)/b14-9+. The summed E-state index contributed by atoms with van der Waals surface area (Å²) >= 11 is 0. The molecular weight excluding hydrogens is 322 g/mol. The van der Waals surface area contributed by atoms with Crippen LogP contribution < -0.4 is 10.1 Å². The highest BCUT2D eigenvalue weighted by molar-refractivity contribution is 6.09. The Hall–Kier alpha value is -3.66. The van der Waals surface area contributed by atoms with Crippen LogP contribution >= 0.6 is 0 Å². The van der Waals surface area contributed by atoms with E-state index < -0.39 is 10.8 Å². The predicted octanol–water partition coefficient (Wildman–Crippen LogP) is 3.46. The number of benzene rings is 2. The van der Waals surface area contributed by atoms with Crippen molar-refractivity contribution in [2.75, 3.05) is 12.4 Å². The molecule has 1 amide bonds. The molecule has 0 spiro atoms. The lowest BCUT2D eigenvalue weighted by molar-refractivity contribution is -0.385. The van der Waals surface area contributed by atoms with Crippen LogP contribution in [-0.4, -0.2) is 17.9 Å². The van der Waals surface area contributed by atoms with Crippen LogP contribution in [0.2, 0.25) is 0 Å². The topological polar surface area (TPSA) is 105 Å². The van der Waals surface area contributed by atoms with Crippen LogP contribution in [0.15, 0.2) is 48.0 Å². The van der Waals surface area contributed by atoms with E-state index in [1.807, 2.05) is 6.07 Å². The summed E-state index contributed by atoms with van der Waals surface area (Å²) in [4.78, 5) is 22.7. The van der Waals surface area contributed by atoms with E-state index in [1.165, 1.54) is 19.3 Å². The molecule has 0 radical (unpaired) electrons. The number of carbonyl (C=O) groups is 1. The second-order valence-corrected chi connectivity index (χ2v) is 5.16. The van der Waals surface area contributed by atoms with Crippen LogP contribution in [0.25, 0.3) is 6.08 Å². The number of methoxy groups -OCH3 is 1. The fourth-order valence-electron chi connectivity index (χ4n) is 2.10. The summed E-state index contributed by atoms with van der Waals surface area (Å²) in [7, 11) is 1.53. The maximum absolute atomic E-state index is 12.2. The lowest BCUT2D eigenvalue weighted by atomic mass is 10.1. The van der Waals surface area contributed by atoms with E-state index >= 15 is 0 Å². The van der Waals surface area contributed by atoms with E-state index in [-0.39, 0.29) is 11.3 Å². The number of nitro benzene ring substituents is 1. The summed E-state index contributed by atoms with van der Waals surface area (Å²) in [5, 5.41) is 22.8. The number of nitrogens with zero attached hydrogens (tertiary/aromatic N) is 2. The lowest BCUT2D eigenvalue weighted by Crippen LogP contribution is -2.13. The molecule has 0 bridgehead atoms. The van der Waals surface area contributed by atoms with Gasteiger partial charge in [-0.2, -0.15) is 5.26 Å². The Morgan fingerprint density at radius 2 is 1.96 bits per heavy atom. The molecule has 7 nitrogen and oxygen atoms in total. The maximum Gasteiger partial charge on any atom is 0.272 e. The van der Waals surface area contributed by atoms with Crippen molar-refractivity contribution in [3.8, 4) is 11.8 Å². The van der Waals surface area contributed by atoms with Gasteiger partial charge in [0.1, 0.15) is 17.4 Å². The number of nitro groups is 1. The first kappa shape index (κ1) is 17.7. The molecule has 0 heterocycles. The minimum Gasteiger partial charge on any atom is -0.497 e. The molecule has 0 aromatic heterocycles. The number of hydrogen-bond donors (Lipinski definition) is 1. The molecule has 0 unspecified atom stereocenters. The Morgan fingerprint density at radius 1 is 1.28 bits per heavy atom. The number of amides is 1. The number of carbonyl (C=O) groups excluding carboxylic acids is 1. The Balaban J connectivity index is 2.24. The Bertz CT molecular complexity index is 880. The first-order valence-electron chi connectivity index (χ1n) is 7.27. The summed E-state index contributed by atoms with van der Waals surface area (Å²) in [6.07, 6.45) is 1.31. The van der Waals surface area contributed by atoms with Gasteiger partial charge in [-0.05, 0) is 42.8 Å². The van der Waals surface area contributed by atoms with Crippen molar-refractivity contribution in [3.63, 3.8) is 0 Å². The van der Waals surface area contributed by atoms with Gasteiger partial charge in [-0.15, -0.1) is 0 Å². The lowest BCUT2D eigenvalue weighted by Gasteiger charge is -2.06. The summed E-state index contributed by atoms with van der Waals surface area (Å²) in [5.74, 6) is 0.0388. The average Bonchev–Trinajstić information content (AvgIpc) is 2.61. The number of nitrogens with one attached hydrogen (secondary N) is 1. The Kier molecular flexibility index (Phi) is 5.48. The van der Waals surface area contributed by atoms with Crippen molar-refractivity contribution in [1.29, 1.82) is 5.26 Å². The SMILES string of the molecule is COc1ccc(NC(=O)/C(C#N)=C/c2ccc(C)c([N+](=O)[O-])c2)cc1. The number of aryl methyl sites for hydroxylation is 1. The molecule has 2 aromatic rings. The number of rotatable bonds is 5. The van der Waals surface area contributed by atoms with Crippen LogP contribution in [0, 0.1) is 28.4 Å². The van der Waals surface area contributed by atoms with Crippen molar-refractivity contribution in [1.82, 2.24) is 0 Å². The fraction of sp³-hybridized carbons (Fsp3) is 0.111. The van der Waals surface area contributed by atoms with Gasteiger partial charge in [-0.3, -0.25) is 14.9 Å². The number of nitriles is 1. The van der Waals surface area contributed by atoms with Crippen LogP contribution in [0.5, 0.6) is 5.75 Å². The largest absolute Gasteiger partial charge is 0.497 e. The van der Waals surface area contributed by atoms with Gasteiger partial charge in [-0.25, -0.2) is 0 Å². The average molecular weight is 337 g/mol. The van der Waals surface area contributed by atoms with Gasteiger partial charge in [-0.1, -0.05) is 12.1 Å². The van der Waals surface area contributed by atoms with Crippen LogP contribution in [0.3, 0.4) is 0 Å². The molecule has 2 aromatic carbocycles. The highest BCUT2D eigenvalue weighted by Gasteiger charge is 2.13. The van der Waals surface area contributed by atoms with Crippen LogP contribution in [0.4, 0.5) is 11.4 Å². The maximum atomic E-state index is 12.2. The van der Waals surface area contributed by atoms with Crippen LogP contribution in [-0.2, 0) is 4.79 Å². The first-order chi connectivity index (χ1) is 11.9. The van der Waals surface area contributed by atoms with E-state index in [9.17, 15) is 20.2 Å². The van der Waals surface area contributed by atoms with Crippen molar-refractivity contribution < 1.29 is 14.5 Å². The first-order valence-corrected chi connectivity index (χ1v) is 7.27. The molecule has 0 saturated carbocycles. The summed E-state index contributed by atoms with van der Waals surface area (Å²) < 4.78 is 5.03. The number of ether oxygens (including phenoxy) is 1. The Morgan fingerprint density at radius 3 is 2.52 bits per heavy atom. The van der Waals surface area contributed by atoms with Crippen LogP contribution in [0.1, 0.15) is 11.1 Å². The molecule has 126 valence electrons. The molecule has 0 aliphatic carbocycles. The van der Waals surface area contributed by atoms with E-state index in [1.54, 1.807) is 43.3 Å². The third-order valence-corrected chi connectivity index (χ3v) is 3.45. The molecule has 2 rings (SSSR count). The van der Waals surface area contributed by atoms with Gasteiger partial charge in [0, 0.05) is 17.3 Å². The fourth-order valence-corrected chi connectivity index (χ4v) is 2.10. The number of hydrogen-bond acceptors (Lipinski definition) is 5. The normalized spacial score (nSPS) is 10.7. The van der Waals surface area contributed by atoms with Crippen molar-refractivity contribution in [2.45, 2.75) is 6.92 Å². The van der Waals surface area contributed by atoms with Gasteiger partial charge in [0.05, 0.1) is 12.0 Å². The van der Waals surface area contributed by atoms with Crippen molar-refractivity contribution in [2.24, 2.45) is 0 Å². The minimum atomic E-state index is -0.601. The van der Waals surface area contributed by atoms with Gasteiger partial charge >= 0.3 is 0 Å². The van der Waals surface area contributed by atoms with Gasteiger partial charge in [0.15, 0.2) is 0 Å². The highest BCUT2D eigenvalue weighted by Crippen LogP contribution is 2.21. The van der Waals surface area contributed by atoms with E-state index in [0.29, 0.717) is 22.6 Å². The highest BCUT2D eigenvalue weighted by atomic mass is 16.6. The van der Waals surface area contributed by atoms with Crippen molar-refractivity contribution in [3.05, 3.63) is 69.3 Å². The second-order valence-electron chi connectivity index (χ2n) is 5.16. The van der Waals surface area contributed by atoms with Gasteiger partial charge < -0.3 is 10.1 Å². The minimum absolute atomic E-state index is 0.0680. The quantitative estimate of drug-likeness (QED) is 0.389. The molecule has 7 heteroatoms. The zero-order chi connectivity index (χ0) is 18.4. The van der Waals surface area contributed by atoms with Gasteiger partial charge in [0.2, 0.25) is 0 Å². The predicted molar refractivity (Wildman–Crippen MR) is 93.0 cm³/mol. The second kappa shape index (κ2) is 7.75. The van der Waals surface area contributed by atoms with Crippen molar-refractivity contribution >= 4 is 23.4 Å².